The molecule has 0 saturated carbocycles. The smallest absolute Gasteiger partial charge is 0.243 e. The number of carbonyl (C=O) groups is 2. The second-order valence-corrected chi connectivity index (χ2v) is 8.63. The average Bonchev–Trinajstić information content (AvgIpc) is 3.41. The molecule has 8 heteroatoms. The number of carbonyl (C=O) groups excluding carboxylic acids is 2. The zero-order valence-electron chi connectivity index (χ0n) is 18.8. The highest BCUT2D eigenvalue weighted by molar-refractivity contribution is 7.13. The molecule has 1 fully saturated rings. The Kier molecular flexibility index (Phi) is 9.61. The number of nitrogens with two attached hydrogens (primary N) is 1. The molecule has 2 heterocycles. The van der Waals surface area contributed by atoms with Crippen LogP contribution in [0.2, 0.25) is 0 Å². The van der Waals surface area contributed by atoms with Gasteiger partial charge >= 0.3 is 0 Å². The molecular formula is C23H34N4O3S. The van der Waals surface area contributed by atoms with E-state index in [0.717, 1.165) is 28.1 Å². The summed E-state index contributed by atoms with van der Waals surface area (Å²) in [6.07, 6.45) is 1.85. The fourth-order valence-corrected chi connectivity index (χ4v) is 4.42. The van der Waals surface area contributed by atoms with E-state index in [2.05, 4.69) is 24.1 Å². The lowest BCUT2D eigenvalue weighted by Gasteiger charge is -2.28. The van der Waals surface area contributed by atoms with Crippen LogP contribution in [-0.2, 0) is 9.59 Å². The maximum Gasteiger partial charge on any atom is 0.243 e. The van der Waals surface area contributed by atoms with Gasteiger partial charge in [0.15, 0.2) is 0 Å². The van der Waals surface area contributed by atoms with Crippen LogP contribution in [0.15, 0.2) is 29.8 Å². The van der Waals surface area contributed by atoms with Gasteiger partial charge in [-0.1, -0.05) is 44.5 Å². The van der Waals surface area contributed by atoms with Gasteiger partial charge in [0, 0.05) is 6.54 Å². The Bertz CT molecular complexity index is 851. The van der Waals surface area contributed by atoms with Crippen molar-refractivity contribution < 1.29 is 14.7 Å². The van der Waals surface area contributed by atoms with Crippen molar-refractivity contribution in [3.05, 3.63) is 41.0 Å². The number of aliphatic hydroxyl groups excluding tert-OH is 1. The molecule has 1 saturated heterocycles. The van der Waals surface area contributed by atoms with Gasteiger partial charge in [0.05, 0.1) is 34.8 Å². The van der Waals surface area contributed by atoms with Gasteiger partial charge in [-0.3, -0.25) is 9.59 Å². The summed E-state index contributed by atoms with van der Waals surface area (Å²) in [5.74, 6) is -0.483. The van der Waals surface area contributed by atoms with Gasteiger partial charge in [-0.2, -0.15) is 0 Å². The van der Waals surface area contributed by atoms with Crippen molar-refractivity contribution in [1.82, 2.24) is 15.2 Å². The summed E-state index contributed by atoms with van der Waals surface area (Å²) in [4.78, 5) is 31.7. The van der Waals surface area contributed by atoms with Crippen LogP contribution < -0.4 is 11.1 Å². The van der Waals surface area contributed by atoms with Crippen LogP contribution >= 0.6 is 11.3 Å². The number of hydrogen-bond acceptors (Lipinski definition) is 6. The van der Waals surface area contributed by atoms with Crippen LogP contribution in [0.4, 0.5) is 0 Å². The third kappa shape index (κ3) is 6.35. The second kappa shape index (κ2) is 11.9. The van der Waals surface area contributed by atoms with E-state index in [1.165, 1.54) is 11.3 Å². The van der Waals surface area contributed by atoms with Crippen LogP contribution in [0, 0.1) is 6.92 Å². The van der Waals surface area contributed by atoms with Crippen LogP contribution in [-0.4, -0.2) is 52.0 Å². The average molecular weight is 447 g/mol. The molecule has 0 aliphatic carbocycles. The van der Waals surface area contributed by atoms with E-state index in [4.69, 9.17) is 5.73 Å². The molecule has 7 nitrogen and oxygen atoms in total. The van der Waals surface area contributed by atoms with Crippen LogP contribution in [0.5, 0.6) is 0 Å². The minimum atomic E-state index is -0.778. The summed E-state index contributed by atoms with van der Waals surface area (Å²) in [7, 11) is 0. The molecule has 1 aromatic carbocycles. The molecule has 4 N–H and O–H groups in total. The fraction of sp³-hybridized carbons (Fsp3) is 0.522. The van der Waals surface area contributed by atoms with Crippen molar-refractivity contribution in [2.24, 2.45) is 5.73 Å². The highest BCUT2D eigenvalue weighted by Crippen LogP contribution is 2.29. The number of aromatic nitrogens is 1. The Balaban J connectivity index is 0.00000107. The predicted octanol–water partition coefficient (Wildman–Crippen LogP) is 3.02. The number of thiazole rings is 1. The Morgan fingerprint density at radius 2 is 1.97 bits per heavy atom. The molecule has 0 bridgehead atoms. The Labute approximate surface area is 188 Å². The molecule has 0 spiro atoms. The number of benzene rings is 1. The third-order valence-electron chi connectivity index (χ3n) is 5.11. The summed E-state index contributed by atoms with van der Waals surface area (Å²) in [5.41, 5.74) is 10.1. The number of hydrogen-bond donors (Lipinski definition) is 3. The van der Waals surface area contributed by atoms with Crippen molar-refractivity contribution in [1.29, 1.82) is 0 Å². The fourth-order valence-electron chi connectivity index (χ4n) is 3.61. The van der Waals surface area contributed by atoms with E-state index in [1.807, 2.05) is 36.7 Å². The normalized spacial score (nSPS) is 17.5. The molecule has 170 valence electrons. The van der Waals surface area contributed by atoms with Gasteiger partial charge in [-0.25, -0.2) is 4.98 Å². The summed E-state index contributed by atoms with van der Waals surface area (Å²) < 4.78 is 0. The van der Waals surface area contributed by atoms with Gasteiger partial charge in [-0.15, -0.1) is 11.3 Å². The van der Waals surface area contributed by atoms with Crippen LogP contribution in [0.3, 0.4) is 0 Å². The van der Waals surface area contributed by atoms with Gasteiger partial charge in [0.1, 0.15) is 6.04 Å². The molecule has 3 rings (SSSR count). The molecule has 2 amide bonds. The lowest BCUT2D eigenvalue weighted by atomic mass is 9.99. The predicted molar refractivity (Wildman–Crippen MR) is 125 cm³/mol. The van der Waals surface area contributed by atoms with E-state index in [-0.39, 0.29) is 18.4 Å². The summed E-state index contributed by atoms with van der Waals surface area (Å²) >= 11 is 1.58. The van der Waals surface area contributed by atoms with Crippen LogP contribution in [0.1, 0.15) is 57.3 Å². The number of nitrogens with one attached hydrogen (secondary N) is 1. The first-order chi connectivity index (χ1) is 14.8. The van der Waals surface area contributed by atoms with Crippen molar-refractivity contribution >= 4 is 23.2 Å². The number of amides is 2. The van der Waals surface area contributed by atoms with E-state index >= 15 is 0 Å². The number of rotatable bonds is 6. The quantitative estimate of drug-likeness (QED) is 0.632. The zero-order valence-corrected chi connectivity index (χ0v) is 19.6. The Morgan fingerprint density at radius 3 is 2.48 bits per heavy atom. The SMILES string of the molecule is CCC.Cc1ncsc1-c1ccc(C(NC(=O)C2CCCN2C(=O)CN)C(C)O)cc1. The first-order valence-electron chi connectivity index (χ1n) is 10.8. The van der Waals surface area contributed by atoms with Crippen molar-refractivity contribution in [2.45, 2.75) is 65.1 Å². The van der Waals surface area contributed by atoms with Crippen molar-refractivity contribution in [3.8, 4) is 10.4 Å². The molecule has 0 radical (unpaired) electrons. The molecule has 31 heavy (non-hydrogen) atoms. The van der Waals surface area contributed by atoms with Crippen molar-refractivity contribution in [2.75, 3.05) is 13.1 Å². The number of likely N-dealkylation sites (tertiary alicyclic amines) is 1. The molecular weight excluding hydrogens is 412 g/mol. The van der Waals surface area contributed by atoms with E-state index in [1.54, 1.807) is 18.3 Å². The molecule has 3 atom stereocenters. The molecule has 2 aromatic rings. The standard InChI is InChI=1S/C20H26N4O3S.C3H8/c1-12-19(28-11-22-12)15-7-5-14(6-8-15)18(13(2)25)23-20(27)16-4-3-9-24(16)17(26)10-21;1-3-2/h5-8,11,13,16,18,25H,3-4,9-10,21H2,1-2H3,(H,23,27);3H2,1-2H3. The molecule has 1 aliphatic rings. The Hall–Kier alpha value is -2.29. The first-order valence-corrected chi connectivity index (χ1v) is 11.7. The van der Waals surface area contributed by atoms with E-state index in [0.29, 0.717) is 13.0 Å². The topological polar surface area (TPSA) is 109 Å². The van der Waals surface area contributed by atoms with Gasteiger partial charge in [0.2, 0.25) is 11.8 Å². The first kappa shape index (κ1) is 25.0. The van der Waals surface area contributed by atoms with Gasteiger partial charge in [0.25, 0.3) is 0 Å². The monoisotopic (exact) mass is 446 g/mol. The van der Waals surface area contributed by atoms with Gasteiger partial charge < -0.3 is 21.1 Å². The number of nitrogens with zero attached hydrogens (tertiary/aromatic N) is 2. The highest BCUT2D eigenvalue weighted by Gasteiger charge is 2.35. The summed E-state index contributed by atoms with van der Waals surface area (Å²) in [6.45, 7) is 8.29. The third-order valence-corrected chi connectivity index (χ3v) is 6.09. The van der Waals surface area contributed by atoms with Crippen LogP contribution in [0.25, 0.3) is 10.4 Å². The van der Waals surface area contributed by atoms with Gasteiger partial charge in [-0.05, 0) is 37.8 Å². The number of aliphatic hydroxyl groups is 1. The lowest BCUT2D eigenvalue weighted by Crippen LogP contribution is -2.49. The minimum Gasteiger partial charge on any atom is -0.391 e. The van der Waals surface area contributed by atoms with Crippen molar-refractivity contribution in [3.63, 3.8) is 0 Å². The zero-order chi connectivity index (χ0) is 23.0. The minimum absolute atomic E-state index is 0.109. The van der Waals surface area contributed by atoms with E-state index in [9.17, 15) is 14.7 Å². The summed E-state index contributed by atoms with van der Waals surface area (Å²) in [5, 5.41) is 13.2. The lowest BCUT2D eigenvalue weighted by molar-refractivity contribution is -0.138. The second-order valence-electron chi connectivity index (χ2n) is 7.77. The maximum absolute atomic E-state index is 12.8. The summed E-state index contributed by atoms with van der Waals surface area (Å²) in [6, 6.07) is 6.66. The molecule has 1 aromatic heterocycles. The maximum atomic E-state index is 12.8. The molecule has 1 aliphatic heterocycles. The number of aryl methyl sites for hydroxylation is 1. The molecule has 3 unspecified atom stereocenters. The van der Waals surface area contributed by atoms with E-state index < -0.39 is 18.2 Å². The largest absolute Gasteiger partial charge is 0.391 e. The highest BCUT2D eigenvalue weighted by atomic mass is 32.1. The Morgan fingerprint density at radius 1 is 1.32 bits per heavy atom.